The minimum atomic E-state index is -0.296. The third-order valence-electron chi connectivity index (χ3n) is 3.48. The molecule has 0 radical (unpaired) electrons. The van der Waals surface area contributed by atoms with E-state index in [-0.39, 0.29) is 12.4 Å². The lowest BCUT2D eigenvalue weighted by Gasteiger charge is -2.17. The molecule has 0 saturated heterocycles. The van der Waals surface area contributed by atoms with Crippen LogP contribution in [0.3, 0.4) is 0 Å². The van der Waals surface area contributed by atoms with E-state index in [4.69, 9.17) is 10.5 Å². The van der Waals surface area contributed by atoms with Crippen molar-refractivity contribution in [1.29, 1.82) is 0 Å². The molecule has 3 nitrogen and oxygen atoms in total. The Bertz CT molecular complexity index is 517. The van der Waals surface area contributed by atoms with Gasteiger partial charge in [-0.25, -0.2) is 4.39 Å². The summed E-state index contributed by atoms with van der Waals surface area (Å²) in [4.78, 5) is 2.17. The van der Waals surface area contributed by atoms with Crippen LogP contribution in [0.5, 0.6) is 0 Å². The molecule has 1 aliphatic rings. The Kier molecular flexibility index (Phi) is 6.19. The van der Waals surface area contributed by atoms with E-state index in [0.29, 0.717) is 5.56 Å². The van der Waals surface area contributed by atoms with Gasteiger partial charge in [0.1, 0.15) is 5.82 Å². The first-order valence-electron chi connectivity index (χ1n) is 7.42. The zero-order chi connectivity index (χ0) is 15.1. The van der Waals surface area contributed by atoms with Crippen molar-refractivity contribution in [3.63, 3.8) is 0 Å². The van der Waals surface area contributed by atoms with E-state index >= 15 is 0 Å². The predicted octanol–water partition coefficient (Wildman–Crippen LogP) is 1.99. The van der Waals surface area contributed by atoms with E-state index in [1.165, 1.54) is 18.9 Å². The summed E-state index contributed by atoms with van der Waals surface area (Å²) in [6, 6.07) is 5.05. The van der Waals surface area contributed by atoms with Gasteiger partial charge >= 0.3 is 0 Å². The van der Waals surface area contributed by atoms with Gasteiger partial charge in [-0.2, -0.15) is 0 Å². The zero-order valence-electron chi connectivity index (χ0n) is 12.6. The van der Waals surface area contributed by atoms with Crippen molar-refractivity contribution in [2.24, 2.45) is 11.7 Å². The monoisotopic (exact) mass is 290 g/mol. The van der Waals surface area contributed by atoms with Gasteiger partial charge in [0.15, 0.2) is 0 Å². The second-order valence-corrected chi connectivity index (χ2v) is 5.58. The number of hydrogen-bond donors (Lipinski definition) is 1. The van der Waals surface area contributed by atoms with Gasteiger partial charge in [0.2, 0.25) is 0 Å². The molecule has 4 heteroatoms. The molecule has 0 atom stereocenters. The molecule has 0 bridgehead atoms. The normalized spacial score (nSPS) is 14.1. The van der Waals surface area contributed by atoms with Gasteiger partial charge in [0, 0.05) is 19.7 Å². The van der Waals surface area contributed by atoms with E-state index in [0.717, 1.165) is 37.8 Å². The molecular formula is C17H23FN2O. The van der Waals surface area contributed by atoms with Crippen molar-refractivity contribution < 1.29 is 9.13 Å². The molecule has 0 aromatic heterocycles. The van der Waals surface area contributed by atoms with E-state index in [9.17, 15) is 4.39 Å². The minimum absolute atomic E-state index is 0.238. The standard InChI is InChI=1S/C17H23FN2O/c1-20(9-10-21-13-14-4-5-14)12-15-6-7-17(18)16(11-15)3-2-8-19/h6-7,11,14H,4-5,8-10,12-13,19H2,1H3. The van der Waals surface area contributed by atoms with Gasteiger partial charge < -0.3 is 10.5 Å². The molecule has 2 rings (SSSR count). The Balaban J connectivity index is 1.80. The van der Waals surface area contributed by atoms with Crippen molar-refractivity contribution >= 4 is 0 Å². The number of nitrogens with two attached hydrogens (primary N) is 1. The molecule has 1 aliphatic carbocycles. The van der Waals surface area contributed by atoms with Crippen LogP contribution in [0.25, 0.3) is 0 Å². The van der Waals surface area contributed by atoms with Crippen molar-refractivity contribution in [3.05, 3.63) is 35.1 Å². The highest BCUT2D eigenvalue weighted by Crippen LogP contribution is 2.28. The van der Waals surface area contributed by atoms with Crippen LogP contribution < -0.4 is 5.73 Å². The summed E-state index contributed by atoms with van der Waals surface area (Å²) in [6.45, 7) is 3.50. The van der Waals surface area contributed by atoms with Gasteiger partial charge in [-0.05, 0) is 43.5 Å². The van der Waals surface area contributed by atoms with Gasteiger partial charge in [-0.1, -0.05) is 17.9 Å². The second kappa shape index (κ2) is 8.14. The van der Waals surface area contributed by atoms with Crippen LogP contribution in [0.1, 0.15) is 24.0 Å². The maximum atomic E-state index is 13.6. The van der Waals surface area contributed by atoms with E-state index in [1.54, 1.807) is 12.1 Å². The first-order chi connectivity index (χ1) is 10.2. The molecule has 114 valence electrons. The molecule has 21 heavy (non-hydrogen) atoms. The topological polar surface area (TPSA) is 38.5 Å². The molecule has 0 aliphatic heterocycles. The number of halogens is 1. The Hall–Kier alpha value is -1.41. The SMILES string of the molecule is CN(CCOCC1CC1)Cc1ccc(F)c(C#CCN)c1. The second-order valence-electron chi connectivity index (χ2n) is 5.58. The Morgan fingerprint density at radius 3 is 2.95 bits per heavy atom. The molecule has 2 N–H and O–H groups in total. The fraction of sp³-hybridized carbons (Fsp3) is 0.529. The van der Waals surface area contributed by atoms with Crippen molar-refractivity contribution in [3.8, 4) is 11.8 Å². The lowest BCUT2D eigenvalue weighted by Crippen LogP contribution is -2.23. The van der Waals surface area contributed by atoms with Crippen LogP contribution in [0.2, 0.25) is 0 Å². The third kappa shape index (κ3) is 5.84. The maximum absolute atomic E-state index is 13.6. The van der Waals surface area contributed by atoms with Gasteiger partial charge in [0.05, 0.1) is 18.7 Å². The average Bonchev–Trinajstić information content (AvgIpc) is 3.28. The molecule has 1 saturated carbocycles. The number of benzene rings is 1. The Morgan fingerprint density at radius 1 is 1.43 bits per heavy atom. The van der Waals surface area contributed by atoms with Crippen LogP contribution in [-0.4, -0.2) is 38.3 Å². The first kappa shape index (κ1) is 16.0. The highest BCUT2D eigenvalue weighted by Gasteiger charge is 2.20. The van der Waals surface area contributed by atoms with Crippen LogP contribution >= 0.6 is 0 Å². The molecule has 0 unspecified atom stereocenters. The maximum Gasteiger partial charge on any atom is 0.138 e. The lowest BCUT2D eigenvalue weighted by atomic mass is 10.1. The summed E-state index contributed by atoms with van der Waals surface area (Å²) in [5.41, 5.74) is 6.78. The Labute approximate surface area is 126 Å². The van der Waals surface area contributed by atoms with Crippen molar-refractivity contribution in [2.75, 3.05) is 33.4 Å². The largest absolute Gasteiger partial charge is 0.380 e. The summed E-state index contributed by atoms with van der Waals surface area (Å²) < 4.78 is 19.2. The van der Waals surface area contributed by atoms with E-state index in [2.05, 4.69) is 16.7 Å². The van der Waals surface area contributed by atoms with Crippen molar-refractivity contribution in [2.45, 2.75) is 19.4 Å². The molecule has 1 aromatic carbocycles. The summed E-state index contributed by atoms with van der Waals surface area (Å²) in [5, 5.41) is 0. The van der Waals surface area contributed by atoms with Crippen LogP contribution in [0.4, 0.5) is 4.39 Å². The van der Waals surface area contributed by atoms with Crippen LogP contribution in [0, 0.1) is 23.6 Å². The number of hydrogen-bond acceptors (Lipinski definition) is 3. The number of likely N-dealkylation sites (N-methyl/N-ethyl adjacent to an activating group) is 1. The summed E-state index contributed by atoms with van der Waals surface area (Å²) >= 11 is 0. The molecule has 0 spiro atoms. The zero-order valence-corrected chi connectivity index (χ0v) is 12.6. The third-order valence-corrected chi connectivity index (χ3v) is 3.48. The molecule has 1 aromatic rings. The smallest absolute Gasteiger partial charge is 0.138 e. The summed E-state index contributed by atoms with van der Waals surface area (Å²) in [6.07, 6.45) is 2.63. The summed E-state index contributed by atoms with van der Waals surface area (Å²) in [5.74, 6) is 5.96. The molecular weight excluding hydrogens is 267 g/mol. The number of nitrogens with zero attached hydrogens (tertiary/aromatic N) is 1. The number of ether oxygens (including phenoxy) is 1. The first-order valence-corrected chi connectivity index (χ1v) is 7.42. The van der Waals surface area contributed by atoms with Crippen LogP contribution in [0.15, 0.2) is 18.2 Å². The fourth-order valence-corrected chi connectivity index (χ4v) is 2.06. The predicted molar refractivity (Wildman–Crippen MR) is 82.2 cm³/mol. The molecule has 0 amide bonds. The van der Waals surface area contributed by atoms with Gasteiger partial charge in [-0.3, -0.25) is 4.90 Å². The fourth-order valence-electron chi connectivity index (χ4n) is 2.06. The minimum Gasteiger partial charge on any atom is -0.380 e. The highest BCUT2D eigenvalue weighted by molar-refractivity contribution is 5.38. The average molecular weight is 290 g/mol. The van der Waals surface area contributed by atoms with Crippen LogP contribution in [-0.2, 0) is 11.3 Å². The van der Waals surface area contributed by atoms with E-state index in [1.807, 2.05) is 7.05 Å². The Morgan fingerprint density at radius 2 is 2.24 bits per heavy atom. The molecule has 1 fully saturated rings. The lowest BCUT2D eigenvalue weighted by molar-refractivity contribution is 0.102. The van der Waals surface area contributed by atoms with Crippen molar-refractivity contribution in [1.82, 2.24) is 4.90 Å². The van der Waals surface area contributed by atoms with E-state index < -0.39 is 0 Å². The quantitative estimate of drug-likeness (QED) is 0.616. The van der Waals surface area contributed by atoms with Gasteiger partial charge in [0.25, 0.3) is 0 Å². The summed E-state index contributed by atoms with van der Waals surface area (Å²) in [7, 11) is 2.04. The highest BCUT2D eigenvalue weighted by atomic mass is 19.1. The molecule has 0 heterocycles. The van der Waals surface area contributed by atoms with Gasteiger partial charge in [-0.15, -0.1) is 0 Å². The number of rotatable bonds is 7.